The molecule has 2 aliphatic rings. The van der Waals surface area contributed by atoms with E-state index in [1.165, 1.54) is 0 Å². The third-order valence-electron chi connectivity index (χ3n) is 3.76. The molecule has 1 aromatic heterocycles. The van der Waals surface area contributed by atoms with Crippen LogP contribution in [0.4, 0.5) is 4.79 Å². The first-order valence-corrected chi connectivity index (χ1v) is 7.68. The van der Waals surface area contributed by atoms with Crippen molar-refractivity contribution in [3.63, 3.8) is 0 Å². The number of hydrogen-bond acceptors (Lipinski definition) is 5. The molecule has 5 nitrogen and oxygen atoms in total. The zero-order chi connectivity index (χ0) is 15.4. The van der Waals surface area contributed by atoms with Gasteiger partial charge in [0, 0.05) is 10.8 Å². The van der Waals surface area contributed by atoms with Gasteiger partial charge < -0.3 is 9.84 Å². The molecule has 2 amide bonds. The molecule has 6 heteroatoms. The predicted molar refractivity (Wildman–Crippen MR) is 78.0 cm³/mol. The zero-order valence-corrected chi connectivity index (χ0v) is 12.9. The van der Waals surface area contributed by atoms with Crippen molar-refractivity contribution in [3.05, 3.63) is 33.7 Å². The van der Waals surface area contributed by atoms with Gasteiger partial charge in [-0.15, -0.1) is 11.3 Å². The first-order chi connectivity index (χ1) is 9.83. The third-order valence-corrected chi connectivity index (χ3v) is 4.72. The molecule has 0 radical (unpaired) electrons. The molecule has 2 atom stereocenters. The number of rotatable bonds is 0. The van der Waals surface area contributed by atoms with Crippen molar-refractivity contribution in [1.29, 1.82) is 0 Å². The minimum absolute atomic E-state index is 0.169. The topological polar surface area (TPSA) is 66.8 Å². The van der Waals surface area contributed by atoms with Crippen molar-refractivity contribution in [2.75, 3.05) is 0 Å². The summed E-state index contributed by atoms with van der Waals surface area (Å²) in [6.45, 7) is 5.28. The molecule has 0 bridgehead atoms. The summed E-state index contributed by atoms with van der Waals surface area (Å²) in [7, 11) is 0. The Balaban J connectivity index is 1.99. The van der Waals surface area contributed by atoms with Crippen LogP contribution >= 0.6 is 11.3 Å². The number of aliphatic hydroxyl groups excluding tert-OH is 1. The molecule has 0 spiro atoms. The van der Waals surface area contributed by atoms with Gasteiger partial charge in [0.2, 0.25) is 0 Å². The van der Waals surface area contributed by atoms with Gasteiger partial charge in [-0.1, -0.05) is 0 Å². The van der Waals surface area contributed by atoms with Gasteiger partial charge in [0.25, 0.3) is 5.91 Å². The van der Waals surface area contributed by atoms with E-state index in [-0.39, 0.29) is 17.5 Å². The number of amides is 2. The molecule has 1 saturated heterocycles. The summed E-state index contributed by atoms with van der Waals surface area (Å²) >= 11 is 1.61. The number of nitrogens with zero attached hydrogens (tertiary/aromatic N) is 1. The monoisotopic (exact) mass is 307 g/mol. The number of likely N-dealkylation sites (tertiary alicyclic amines) is 1. The van der Waals surface area contributed by atoms with Crippen LogP contribution in [0.3, 0.4) is 0 Å². The van der Waals surface area contributed by atoms with Crippen LogP contribution < -0.4 is 0 Å². The SMILES string of the molecule is CC(C)(C)OC(=O)N1C(=O)/C(=C\O)C2Cc3sccc3C21. The number of carbonyl (C=O) groups excluding carboxylic acids is 2. The number of carbonyl (C=O) groups is 2. The summed E-state index contributed by atoms with van der Waals surface area (Å²) < 4.78 is 5.35. The fourth-order valence-corrected chi connectivity index (χ4v) is 3.97. The van der Waals surface area contributed by atoms with Crippen LogP contribution in [0.1, 0.15) is 37.3 Å². The normalized spacial score (nSPS) is 26.1. The van der Waals surface area contributed by atoms with E-state index in [0.29, 0.717) is 6.42 Å². The molecule has 1 aliphatic heterocycles. The van der Waals surface area contributed by atoms with Gasteiger partial charge in [0.05, 0.1) is 17.9 Å². The molecule has 1 aliphatic carbocycles. The van der Waals surface area contributed by atoms with Crippen molar-refractivity contribution >= 4 is 23.3 Å². The molecule has 2 heterocycles. The maximum atomic E-state index is 12.4. The van der Waals surface area contributed by atoms with Crippen molar-refractivity contribution < 1.29 is 19.4 Å². The average molecular weight is 307 g/mol. The van der Waals surface area contributed by atoms with Gasteiger partial charge in [-0.05, 0) is 44.2 Å². The molecule has 0 aromatic carbocycles. The van der Waals surface area contributed by atoms with E-state index in [2.05, 4.69) is 0 Å². The maximum Gasteiger partial charge on any atom is 0.417 e. The van der Waals surface area contributed by atoms with Crippen LogP contribution in [0.25, 0.3) is 0 Å². The Labute approximate surface area is 126 Å². The fourth-order valence-electron chi connectivity index (χ4n) is 2.99. The van der Waals surface area contributed by atoms with Crippen molar-refractivity contribution in [3.8, 4) is 0 Å². The molecule has 21 heavy (non-hydrogen) atoms. The highest BCUT2D eigenvalue weighted by Gasteiger charge is 2.53. The number of thiophene rings is 1. The predicted octanol–water partition coefficient (Wildman–Crippen LogP) is 3.18. The van der Waals surface area contributed by atoms with E-state index in [4.69, 9.17) is 4.74 Å². The van der Waals surface area contributed by atoms with E-state index in [9.17, 15) is 14.7 Å². The first kappa shape index (κ1) is 14.1. The number of aliphatic hydroxyl groups is 1. The van der Waals surface area contributed by atoms with Gasteiger partial charge in [-0.2, -0.15) is 0 Å². The summed E-state index contributed by atoms with van der Waals surface area (Å²) in [5.41, 5.74) is 0.601. The Morgan fingerprint density at radius 1 is 1.52 bits per heavy atom. The van der Waals surface area contributed by atoms with Crippen LogP contribution in [0.5, 0.6) is 0 Å². The van der Waals surface area contributed by atoms with E-state index < -0.39 is 17.6 Å². The summed E-state index contributed by atoms with van der Waals surface area (Å²) in [6, 6.07) is 1.59. The van der Waals surface area contributed by atoms with Crippen LogP contribution in [-0.2, 0) is 16.0 Å². The molecular weight excluding hydrogens is 290 g/mol. The smallest absolute Gasteiger partial charge is 0.417 e. The summed E-state index contributed by atoms with van der Waals surface area (Å²) in [6.07, 6.45) is 0.856. The average Bonchev–Trinajstić information content (AvgIpc) is 2.96. The quantitative estimate of drug-likeness (QED) is 0.590. The van der Waals surface area contributed by atoms with Gasteiger partial charge in [0.15, 0.2) is 0 Å². The Hall–Kier alpha value is -1.82. The van der Waals surface area contributed by atoms with Gasteiger partial charge in [-0.3, -0.25) is 4.79 Å². The number of imide groups is 1. The van der Waals surface area contributed by atoms with Crippen LogP contribution in [-0.4, -0.2) is 27.6 Å². The minimum atomic E-state index is -0.672. The molecule has 2 unspecified atom stereocenters. The largest absolute Gasteiger partial charge is 0.515 e. The second kappa shape index (κ2) is 4.59. The van der Waals surface area contributed by atoms with Crippen LogP contribution in [0.15, 0.2) is 23.3 Å². The highest BCUT2D eigenvalue weighted by Crippen LogP contribution is 2.51. The highest BCUT2D eigenvalue weighted by molar-refractivity contribution is 7.10. The molecule has 1 N–H and O–H groups in total. The molecule has 1 aromatic rings. The lowest BCUT2D eigenvalue weighted by Crippen LogP contribution is -2.39. The maximum absolute atomic E-state index is 12.4. The van der Waals surface area contributed by atoms with Gasteiger partial charge in [0.1, 0.15) is 5.60 Å². The molecule has 0 saturated carbocycles. The van der Waals surface area contributed by atoms with E-state index in [1.807, 2.05) is 11.4 Å². The summed E-state index contributed by atoms with van der Waals surface area (Å²) in [4.78, 5) is 27.1. The molecule has 3 rings (SSSR count). The van der Waals surface area contributed by atoms with E-state index >= 15 is 0 Å². The Morgan fingerprint density at radius 2 is 2.24 bits per heavy atom. The van der Waals surface area contributed by atoms with Crippen LogP contribution in [0, 0.1) is 5.92 Å². The molecule has 1 fully saturated rings. The fraction of sp³-hybridized carbons (Fsp3) is 0.467. The summed E-state index contributed by atoms with van der Waals surface area (Å²) in [5.74, 6) is -0.629. The van der Waals surface area contributed by atoms with Crippen molar-refractivity contribution in [1.82, 2.24) is 4.90 Å². The number of ether oxygens (including phenoxy) is 1. The van der Waals surface area contributed by atoms with Crippen molar-refractivity contribution in [2.24, 2.45) is 5.92 Å². The Morgan fingerprint density at radius 3 is 2.86 bits per heavy atom. The van der Waals surface area contributed by atoms with Gasteiger partial charge in [-0.25, -0.2) is 9.69 Å². The lowest BCUT2D eigenvalue weighted by atomic mass is 9.97. The highest BCUT2D eigenvalue weighted by atomic mass is 32.1. The van der Waals surface area contributed by atoms with E-state index in [0.717, 1.165) is 21.6 Å². The van der Waals surface area contributed by atoms with Gasteiger partial charge >= 0.3 is 6.09 Å². The summed E-state index contributed by atoms with van der Waals surface area (Å²) in [5, 5.41) is 11.3. The second-order valence-electron chi connectivity index (χ2n) is 6.29. The number of fused-ring (bicyclic) bond motifs is 3. The molecular formula is C15H17NO4S. The zero-order valence-electron chi connectivity index (χ0n) is 12.1. The number of hydrogen-bond donors (Lipinski definition) is 1. The van der Waals surface area contributed by atoms with Crippen molar-refractivity contribution in [2.45, 2.75) is 38.8 Å². The Bertz CT molecular complexity index is 640. The second-order valence-corrected chi connectivity index (χ2v) is 7.30. The Kier molecular flexibility index (Phi) is 3.09. The minimum Gasteiger partial charge on any atom is -0.515 e. The standard InChI is InChI=1S/C15H17NO4S/c1-15(2,3)20-14(19)16-12-8-4-5-21-11(8)6-9(12)10(7-17)13(16)18/h4-5,7,9,12,17H,6H2,1-3H3/b10-7-. The lowest BCUT2D eigenvalue weighted by molar-refractivity contribution is -0.125. The van der Waals surface area contributed by atoms with E-state index in [1.54, 1.807) is 32.1 Å². The first-order valence-electron chi connectivity index (χ1n) is 6.80. The molecule has 112 valence electrons. The van der Waals surface area contributed by atoms with Crippen LogP contribution in [0.2, 0.25) is 0 Å². The lowest BCUT2D eigenvalue weighted by Gasteiger charge is -2.26. The third kappa shape index (κ3) is 2.14.